The number of rotatable bonds is 0. The molecule has 2 heterocycles. The summed E-state index contributed by atoms with van der Waals surface area (Å²) in [6, 6.07) is 0. The van der Waals surface area contributed by atoms with E-state index < -0.39 is 28.3 Å². The predicted octanol–water partition coefficient (Wildman–Crippen LogP) is 1.55. The van der Waals surface area contributed by atoms with Crippen LogP contribution in [-0.2, 0) is 19.1 Å². The van der Waals surface area contributed by atoms with E-state index >= 15 is 0 Å². The molecule has 6 rings (SSSR count). The van der Waals surface area contributed by atoms with Crippen molar-refractivity contribution < 1.29 is 24.2 Å². The van der Waals surface area contributed by atoms with Gasteiger partial charge in [0.05, 0.1) is 23.5 Å². The Morgan fingerprint density at radius 1 is 1.12 bits per heavy atom. The van der Waals surface area contributed by atoms with Gasteiger partial charge in [0.1, 0.15) is 17.7 Å². The average Bonchev–Trinajstić information content (AvgIpc) is 2.76. The molecular weight excluding hydrogens is 320 g/mol. The molecule has 6 fully saturated rings. The molecule has 0 amide bonds. The van der Waals surface area contributed by atoms with Crippen LogP contribution < -0.4 is 0 Å². The van der Waals surface area contributed by atoms with Crippen LogP contribution in [0.5, 0.6) is 0 Å². The number of hydrogen-bond donors (Lipinski definition) is 1. The first-order chi connectivity index (χ1) is 11.7. The van der Waals surface area contributed by atoms with E-state index in [1.165, 1.54) is 0 Å². The zero-order valence-electron chi connectivity index (χ0n) is 15.1. The van der Waals surface area contributed by atoms with Gasteiger partial charge in [-0.2, -0.15) is 0 Å². The van der Waals surface area contributed by atoms with E-state index in [1.807, 2.05) is 20.8 Å². The molecule has 0 unspecified atom stereocenters. The summed E-state index contributed by atoms with van der Waals surface area (Å²) in [6.07, 6.45) is 0.955. The minimum Gasteiger partial charge on any atom is -0.385 e. The van der Waals surface area contributed by atoms with Crippen LogP contribution in [0.1, 0.15) is 46.5 Å². The van der Waals surface area contributed by atoms with Crippen LogP contribution >= 0.6 is 0 Å². The molecule has 5 nitrogen and oxygen atoms in total. The molecule has 2 aliphatic heterocycles. The first-order valence-corrected chi connectivity index (χ1v) is 9.60. The van der Waals surface area contributed by atoms with Gasteiger partial charge in [-0.05, 0) is 36.5 Å². The Balaban J connectivity index is 1.76. The molecule has 2 spiro atoms. The summed E-state index contributed by atoms with van der Waals surface area (Å²) in [4.78, 5) is 39.9. The lowest BCUT2D eigenvalue weighted by atomic mass is 9.37. The van der Waals surface area contributed by atoms with Crippen LogP contribution in [-0.4, -0.2) is 41.3 Å². The maximum absolute atomic E-state index is 13.4. The summed E-state index contributed by atoms with van der Waals surface area (Å²) < 4.78 is 6.07. The van der Waals surface area contributed by atoms with Crippen molar-refractivity contribution in [3.8, 4) is 0 Å². The second-order valence-electron chi connectivity index (χ2n) is 9.79. The van der Waals surface area contributed by atoms with E-state index in [1.54, 1.807) is 0 Å². The third-order valence-electron chi connectivity index (χ3n) is 8.81. The quantitative estimate of drug-likeness (QED) is 0.673. The molecule has 6 aliphatic rings. The molecule has 4 bridgehead atoms. The Kier molecular flexibility index (Phi) is 2.85. The first kappa shape index (κ1) is 16.1. The summed E-state index contributed by atoms with van der Waals surface area (Å²) in [5, 5.41) is 11.1. The number of aliphatic hydroxyl groups is 1. The van der Waals surface area contributed by atoms with Gasteiger partial charge in [0.2, 0.25) is 0 Å². The van der Waals surface area contributed by atoms with Crippen LogP contribution in [0.3, 0.4) is 0 Å². The summed E-state index contributed by atoms with van der Waals surface area (Å²) in [5.41, 5.74) is -2.49. The van der Waals surface area contributed by atoms with Crippen molar-refractivity contribution in [1.29, 1.82) is 0 Å². The van der Waals surface area contributed by atoms with Crippen LogP contribution in [0, 0.1) is 39.9 Å². The number of hydrogen-bond acceptors (Lipinski definition) is 5. The highest BCUT2D eigenvalue weighted by molar-refractivity contribution is 6.13. The van der Waals surface area contributed by atoms with E-state index in [9.17, 15) is 19.5 Å². The molecule has 4 aliphatic carbocycles. The number of fused-ring (bicyclic) bond motifs is 3. The molecule has 4 saturated carbocycles. The standard InChI is InChI=1S/C20H26O5/c1-9-10-4-5-11-19(7-10,16(9)23)17(24)14(22)15-18(2,3)13-6-12(21)20(11,15)8-25-13/h9-11,13-15,22H,4-8H2,1-3H3/t9-,10-,11-,13-,14+,15-,19+,20-/m1/s1. The minimum atomic E-state index is -1.24. The molecule has 5 heteroatoms. The molecule has 8 atom stereocenters. The fraction of sp³-hybridized carbons (Fsp3) is 0.850. The molecule has 0 aromatic carbocycles. The van der Waals surface area contributed by atoms with Crippen molar-refractivity contribution in [1.82, 2.24) is 0 Å². The normalized spacial score (nSPS) is 55.9. The lowest BCUT2D eigenvalue weighted by Gasteiger charge is -2.67. The van der Waals surface area contributed by atoms with E-state index in [4.69, 9.17) is 4.74 Å². The zero-order valence-corrected chi connectivity index (χ0v) is 15.1. The third kappa shape index (κ3) is 1.46. The molecule has 2 saturated heterocycles. The maximum Gasteiger partial charge on any atom is 0.175 e. The van der Waals surface area contributed by atoms with Crippen molar-refractivity contribution in [2.75, 3.05) is 6.61 Å². The second-order valence-corrected chi connectivity index (χ2v) is 9.79. The van der Waals surface area contributed by atoms with Crippen molar-refractivity contribution >= 4 is 17.3 Å². The molecule has 0 radical (unpaired) electrons. The van der Waals surface area contributed by atoms with Crippen molar-refractivity contribution in [2.45, 2.75) is 58.7 Å². The average molecular weight is 346 g/mol. The highest BCUT2D eigenvalue weighted by Crippen LogP contribution is 2.71. The van der Waals surface area contributed by atoms with E-state index in [0.717, 1.165) is 6.42 Å². The summed E-state index contributed by atoms with van der Waals surface area (Å²) in [6.45, 7) is 6.17. The highest BCUT2D eigenvalue weighted by atomic mass is 16.5. The monoisotopic (exact) mass is 346 g/mol. The van der Waals surface area contributed by atoms with E-state index in [2.05, 4.69) is 0 Å². The smallest absolute Gasteiger partial charge is 0.175 e. The Morgan fingerprint density at radius 3 is 2.52 bits per heavy atom. The second kappa shape index (κ2) is 4.42. The first-order valence-electron chi connectivity index (χ1n) is 9.60. The topological polar surface area (TPSA) is 80.7 Å². The fourth-order valence-corrected chi connectivity index (χ4v) is 7.65. The summed E-state index contributed by atoms with van der Waals surface area (Å²) >= 11 is 0. The van der Waals surface area contributed by atoms with E-state index in [-0.39, 0.29) is 47.8 Å². The summed E-state index contributed by atoms with van der Waals surface area (Å²) in [7, 11) is 0. The van der Waals surface area contributed by atoms with Crippen LogP contribution in [0.25, 0.3) is 0 Å². The van der Waals surface area contributed by atoms with Crippen molar-refractivity contribution in [3.05, 3.63) is 0 Å². The van der Waals surface area contributed by atoms with Gasteiger partial charge >= 0.3 is 0 Å². The number of Topliss-reactive ketones (excluding diaryl/α,β-unsaturated/α-hetero) is 3. The van der Waals surface area contributed by atoms with Crippen LogP contribution in [0.15, 0.2) is 0 Å². The van der Waals surface area contributed by atoms with Gasteiger partial charge in [-0.15, -0.1) is 0 Å². The SMILES string of the molecule is C[C@H]1C(=O)[C@]23C[C@H]1CC[C@H]2[C@]12CO[C@H](CC1=O)C(C)(C)[C@H]2[C@H](O)C3=O. The van der Waals surface area contributed by atoms with Gasteiger partial charge in [-0.3, -0.25) is 14.4 Å². The van der Waals surface area contributed by atoms with E-state index in [0.29, 0.717) is 19.3 Å². The number of carbonyl (C=O) groups excluding carboxylic acids is 3. The van der Waals surface area contributed by atoms with Crippen LogP contribution in [0.2, 0.25) is 0 Å². The van der Waals surface area contributed by atoms with Gasteiger partial charge in [-0.25, -0.2) is 0 Å². The zero-order chi connectivity index (χ0) is 17.9. The Hall–Kier alpha value is -1.07. The Labute approximate surface area is 147 Å². The largest absolute Gasteiger partial charge is 0.385 e. The predicted molar refractivity (Wildman–Crippen MR) is 87.5 cm³/mol. The number of ether oxygens (including phenoxy) is 1. The highest BCUT2D eigenvalue weighted by Gasteiger charge is 2.79. The maximum atomic E-state index is 13.4. The van der Waals surface area contributed by atoms with Gasteiger partial charge in [0, 0.05) is 18.3 Å². The lowest BCUT2D eigenvalue weighted by Crippen LogP contribution is -2.77. The van der Waals surface area contributed by atoms with Gasteiger partial charge in [0.15, 0.2) is 5.78 Å². The molecule has 25 heavy (non-hydrogen) atoms. The van der Waals surface area contributed by atoms with Gasteiger partial charge < -0.3 is 9.84 Å². The van der Waals surface area contributed by atoms with Gasteiger partial charge in [-0.1, -0.05) is 20.8 Å². The molecule has 0 aromatic heterocycles. The number of aliphatic hydroxyl groups excluding tert-OH is 1. The Morgan fingerprint density at radius 2 is 1.84 bits per heavy atom. The van der Waals surface area contributed by atoms with Crippen molar-refractivity contribution in [2.24, 2.45) is 39.9 Å². The minimum absolute atomic E-state index is 0.0322. The van der Waals surface area contributed by atoms with Crippen LogP contribution in [0.4, 0.5) is 0 Å². The number of ketones is 3. The fourth-order valence-electron chi connectivity index (χ4n) is 7.65. The molecule has 0 aromatic rings. The molecule has 136 valence electrons. The Bertz CT molecular complexity index is 711. The summed E-state index contributed by atoms with van der Waals surface area (Å²) in [5.74, 6) is -0.925. The van der Waals surface area contributed by atoms with Crippen molar-refractivity contribution in [3.63, 3.8) is 0 Å². The lowest BCUT2D eigenvalue weighted by molar-refractivity contribution is -0.268. The number of carbonyl (C=O) groups is 3. The molecule has 1 N–H and O–H groups in total. The third-order valence-corrected chi connectivity index (χ3v) is 8.81. The van der Waals surface area contributed by atoms with Gasteiger partial charge in [0.25, 0.3) is 0 Å². The molecular formula is C20H26O5.